The highest BCUT2D eigenvalue weighted by molar-refractivity contribution is 7.09. The van der Waals surface area contributed by atoms with Crippen LogP contribution in [-0.4, -0.2) is 61.9 Å². The fourth-order valence-electron chi connectivity index (χ4n) is 5.50. The Morgan fingerprint density at radius 3 is 1.96 bits per heavy atom. The van der Waals surface area contributed by atoms with E-state index in [1.54, 1.807) is 11.3 Å². The number of aliphatic hydroxyl groups excluding tert-OH is 1. The number of nitrogens with zero attached hydrogens (tertiary/aromatic N) is 1. The number of aryl methyl sites for hydroxylation is 1. The zero-order valence-electron chi connectivity index (χ0n) is 34.0. The van der Waals surface area contributed by atoms with E-state index in [2.05, 4.69) is 92.6 Å². The van der Waals surface area contributed by atoms with Crippen molar-refractivity contribution in [2.45, 2.75) is 177 Å². The molecule has 0 saturated carbocycles. The lowest BCUT2D eigenvalue weighted by atomic mass is 9.73. The van der Waals surface area contributed by atoms with Gasteiger partial charge < -0.3 is 19.1 Å². The molecule has 0 bridgehead atoms. The van der Waals surface area contributed by atoms with Crippen LogP contribution < -0.4 is 0 Å². The number of thiazole rings is 1. The minimum absolute atomic E-state index is 0.00526. The van der Waals surface area contributed by atoms with Gasteiger partial charge in [0.05, 0.1) is 35.4 Å². The van der Waals surface area contributed by atoms with Gasteiger partial charge in [0, 0.05) is 16.7 Å². The van der Waals surface area contributed by atoms with Gasteiger partial charge in [-0.15, -0.1) is 11.3 Å². The number of carboxylic acid groups (broad SMARTS) is 1. The summed E-state index contributed by atoms with van der Waals surface area (Å²) in [6.45, 7) is 35.6. The first-order valence-electron chi connectivity index (χ1n) is 18.1. The van der Waals surface area contributed by atoms with E-state index in [9.17, 15) is 19.8 Å². The SMILES string of the molecule is CC(=CC[C@H](O)C(C)=Cc1csc(C)n1)CCCC(C)[C@H](O[Si](C)(C)C(C)(C)C)[C@@H](C)C(=O)C(C)(C)[C@H](CC(=O)O)O[Si](C)(C)C(C)(C)C. The Kier molecular flexibility index (Phi) is 16.6. The van der Waals surface area contributed by atoms with Crippen molar-refractivity contribution in [3.63, 3.8) is 0 Å². The standard InChI is InChI=1S/C39H71NO6SSi2/c1-26(21-22-32(41)28(3)23-31-25-47-30(5)40-31)19-18-20-27(2)35(46-49(16,17)38(9,10)11)29(4)36(44)39(12,13)33(24-34(42)43)45-48(14,15)37(6,7)8/h21,23,25,27,29,32-33,35,41H,18-20,22,24H2,1-17H3,(H,42,43)/t27?,29-,32+,33+,35+/m1/s1. The van der Waals surface area contributed by atoms with Crippen molar-refractivity contribution in [3.05, 3.63) is 33.3 Å². The number of hydrogen-bond donors (Lipinski definition) is 2. The predicted octanol–water partition coefficient (Wildman–Crippen LogP) is 10.8. The molecule has 0 spiro atoms. The molecule has 1 aromatic rings. The average molecular weight is 738 g/mol. The molecule has 0 saturated heterocycles. The largest absolute Gasteiger partial charge is 0.481 e. The van der Waals surface area contributed by atoms with Gasteiger partial charge >= 0.3 is 5.97 Å². The van der Waals surface area contributed by atoms with Crippen LogP contribution in [0.4, 0.5) is 0 Å². The van der Waals surface area contributed by atoms with E-state index in [1.807, 2.05) is 46.1 Å². The summed E-state index contributed by atoms with van der Waals surface area (Å²) < 4.78 is 13.8. The molecule has 10 heteroatoms. The molecule has 2 N–H and O–H groups in total. The Bertz CT molecular complexity index is 1300. The van der Waals surface area contributed by atoms with Gasteiger partial charge in [-0.1, -0.05) is 80.9 Å². The van der Waals surface area contributed by atoms with E-state index in [4.69, 9.17) is 8.85 Å². The van der Waals surface area contributed by atoms with Crippen LogP contribution in [0.25, 0.3) is 6.08 Å². The molecule has 1 heterocycles. The van der Waals surface area contributed by atoms with Gasteiger partial charge in [-0.3, -0.25) is 9.59 Å². The summed E-state index contributed by atoms with van der Waals surface area (Å²) in [6, 6.07) is 0. The van der Waals surface area contributed by atoms with Crippen molar-refractivity contribution in [1.29, 1.82) is 0 Å². The number of aliphatic carboxylic acids is 1. The maximum absolute atomic E-state index is 14.5. The Hall–Kier alpha value is -1.44. The maximum Gasteiger partial charge on any atom is 0.305 e. The molecule has 282 valence electrons. The molecule has 49 heavy (non-hydrogen) atoms. The van der Waals surface area contributed by atoms with E-state index in [1.165, 1.54) is 5.57 Å². The van der Waals surface area contributed by atoms with Gasteiger partial charge in [0.1, 0.15) is 5.78 Å². The third-order valence-corrected chi connectivity index (χ3v) is 21.0. The molecule has 0 fully saturated rings. The molecule has 0 aliphatic heterocycles. The molecular formula is C39H71NO6SSi2. The highest BCUT2D eigenvalue weighted by atomic mass is 32.1. The minimum Gasteiger partial charge on any atom is -0.481 e. The summed E-state index contributed by atoms with van der Waals surface area (Å²) >= 11 is 1.60. The van der Waals surface area contributed by atoms with E-state index in [0.717, 1.165) is 35.5 Å². The van der Waals surface area contributed by atoms with Crippen LogP contribution in [0, 0.1) is 24.2 Å². The van der Waals surface area contributed by atoms with Gasteiger partial charge in [0.15, 0.2) is 16.6 Å². The van der Waals surface area contributed by atoms with Crippen molar-refractivity contribution >= 4 is 45.8 Å². The number of carbonyl (C=O) groups is 2. The molecule has 1 unspecified atom stereocenters. The van der Waals surface area contributed by atoms with Crippen LogP contribution in [0.5, 0.6) is 0 Å². The predicted molar refractivity (Wildman–Crippen MR) is 212 cm³/mol. The van der Waals surface area contributed by atoms with E-state index in [0.29, 0.717) is 6.42 Å². The molecule has 0 amide bonds. The Morgan fingerprint density at radius 2 is 1.49 bits per heavy atom. The molecule has 0 aromatic carbocycles. The molecule has 0 aliphatic carbocycles. The highest BCUT2D eigenvalue weighted by Gasteiger charge is 2.49. The van der Waals surface area contributed by atoms with Crippen molar-refractivity contribution in [1.82, 2.24) is 4.98 Å². The van der Waals surface area contributed by atoms with E-state index < -0.39 is 46.1 Å². The van der Waals surface area contributed by atoms with Gasteiger partial charge in [-0.05, 0) is 100 Å². The lowest BCUT2D eigenvalue weighted by Gasteiger charge is -2.46. The third-order valence-electron chi connectivity index (χ3n) is 11.2. The van der Waals surface area contributed by atoms with Crippen LogP contribution in [-0.2, 0) is 18.4 Å². The maximum atomic E-state index is 14.5. The van der Waals surface area contributed by atoms with Crippen molar-refractivity contribution in [2.24, 2.45) is 17.3 Å². The van der Waals surface area contributed by atoms with Gasteiger partial charge in [0.25, 0.3) is 0 Å². The molecule has 5 atom stereocenters. The molecule has 0 aliphatic rings. The summed E-state index contributed by atoms with van der Waals surface area (Å²) in [5.74, 6) is -1.31. The van der Waals surface area contributed by atoms with Crippen molar-refractivity contribution in [2.75, 3.05) is 0 Å². The normalized spacial score (nSPS) is 17.4. The van der Waals surface area contributed by atoms with E-state index in [-0.39, 0.29) is 34.3 Å². The Labute approximate surface area is 305 Å². The number of aromatic nitrogens is 1. The second kappa shape index (κ2) is 17.9. The topological polar surface area (TPSA) is 106 Å². The first kappa shape index (κ1) is 45.6. The number of Topliss-reactive ketones (excluding diaryl/α,β-unsaturated/α-hetero) is 1. The first-order valence-corrected chi connectivity index (χ1v) is 24.8. The quantitative estimate of drug-likeness (QED) is 0.108. The fraction of sp³-hybridized carbons (Fsp3) is 0.769. The molecule has 0 radical (unpaired) electrons. The van der Waals surface area contributed by atoms with Gasteiger partial charge in [-0.2, -0.15) is 0 Å². The zero-order chi connectivity index (χ0) is 38.3. The zero-order valence-corrected chi connectivity index (χ0v) is 36.9. The van der Waals surface area contributed by atoms with Crippen LogP contribution in [0.2, 0.25) is 36.3 Å². The highest BCUT2D eigenvalue weighted by Crippen LogP contribution is 2.44. The number of allylic oxidation sites excluding steroid dienone is 1. The number of rotatable bonds is 19. The van der Waals surface area contributed by atoms with E-state index >= 15 is 0 Å². The van der Waals surface area contributed by atoms with Crippen LogP contribution in [0.15, 0.2) is 22.6 Å². The Morgan fingerprint density at radius 1 is 0.959 bits per heavy atom. The number of carbonyl (C=O) groups excluding carboxylic acids is 1. The lowest BCUT2D eigenvalue weighted by molar-refractivity contribution is -0.146. The Balaban J connectivity index is 3.20. The number of ketones is 1. The monoisotopic (exact) mass is 737 g/mol. The smallest absolute Gasteiger partial charge is 0.305 e. The number of aliphatic hydroxyl groups is 1. The number of hydrogen-bond acceptors (Lipinski definition) is 7. The van der Waals surface area contributed by atoms with Gasteiger partial charge in [-0.25, -0.2) is 4.98 Å². The minimum atomic E-state index is -2.37. The molecule has 1 aromatic heterocycles. The third kappa shape index (κ3) is 13.6. The summed E-state index contributed by atoms with van der Waals surface area (Å²) in [6.07, 6.45) is 5.52. The molecule has 1 rings (SSSR count). The molecular weight excluding hydrogens is 667 g/mol. The lowest BCUT2D eigenvalue weighted by Crippen LogP contribution is -2.54. The van der Waals surface area contributed by atoms with Crippen molar-refractivity contribution in [3.8, 4) is 0 Å². The second-order valence-electron chi connectivity index (χ2n) is 18.0. The average Bonchev–Trinajstić information content (AvgIpc) is 3.35. The van der Waals surface area contributed by atoms with Crippen LogP contribution >= 0.6 is 11.3 Å². The summed E-state index contributed by atoms with van der Waals surface area (Å²) in [5, 5.41) is 23.5. The summed E-state index contributed by atoms with van der Waals surface area (Å²) in [7, 11) is -4.63. The fourth-order valence-corrected chi connectivity index (χ4v) is 8.99. The van der Waals surface area contributed by atoms with Crippen molar-refractivity contribution < 1.29 is 28.7 Å². The van der Waals surface area contributed by atoms with Gasteiger partial charge in [0.2, 0.25) is 0 Å². The number of carboxylic acids is 1. The molecule has 7 nitrogen and oxygen atoms in total. The van der Waals surface area contributed by atoms with Crippen LogP contribution in [0.3, 0.4) is 0 Å². The summed E-state index contributed by atoms with van der Waals surface area (Å²) in [5.41, 5.74) is 2.00. The first-order chi connectivity index (χ1) is 22.0. The summed E-state index contributed by atoms with van der Waals surface area (Å²) in [4.78, 5) is 31.1. The van der Waals surface area contributed by atoms with Crippen LogP contribution in [0.1, 0.15) is 126 Å². The second-order valence-corrected chi connectivity index (χ2v) is 28.6.